The van der Waals surface area contributed by atoms with E-state index < -0.39 is 6.09 Å². The number of aliphatic hydroxyl groups excluding tert-OH is 1. The van der Waals surface area contributed by atoms with Crippen molar-refractivity contribution in [2.75, 3.05) is 11.5 Å². The number of furan rings is 1. The molecule has 138 valence electrons. The molecular formula is C17H18ClN3O4S. The van der Waals surface area contributed by atoms with E-state index in [1.807, 2.05) is 13.8 Å². The lowest BCUT2D eigenvalue weighted by Gasteiger charge is -2.17. The molecule has 0 saturated carbocycles. The molecule has 1 atom stereocenters. The third kappa shape index (κ3) is 3.67. The smallest absolute Gasteiger partial charge is 0.413 e. The number of amides is 1. The van der Waals surface area contributed by atoms with Gasteiger partial charge in [-0.1, -0.05) is 6.92 Å². The van der Waals surface area contributed by atoms with Crippen LogP contribution in [-0.2, 0) is 13.0 Å². The van der Waals surface area contributed by atoms with Crippen molar-refractivity contribution in [2.45, 2.75) is 26.8 Å². The Kier molecular flexibility index (Phi) is 5.45. The van der Waals surface area contributed by atoms with Gasteiger partial charge in [-0.2, -0.15) is 4.98 Å². The summed E-state index contributed by atoms with van der Waals surface area (Å²) in [5.74, 6) is 0.824. The number of hydrogen-bond acceptors (Lipinski definition) is 6. The molecule has 3 heterocycles. The predicted octanol–water partition coefficient (Wildman–Crippen LogP) is 4.10. The van der Waals surface area contributed by atoms with Gasteiger partial charge in [-0.05, 0) is 48.6 Å². The molecule has 0 bridgehead atoms. The van der Waals surface area contributed by atoms with E-state index >= 15 is 0 Å². The van der Waals surface area contributed by atoms with Gasteiger partial charge in [-0.25, -0.2) is 9.78 Å². The number of rotatable bonds is 6. The molecule has 3 aromatic heterocycles. The van der Waals surface area contributed by atoms with Gasteiger partial charge < -0.3 is 14.6 Å². The molecule has 3 aromatic rings. The normalized spacial score (nSPS) is 12.5. The van der Waals surface area contributed by atoms with E-state index in [4.69, 9.17) is 16.0 Å². The van der Waals surface area contributed by atoms with E-state index in [2.05, 4.69) is 9.97 Å². The fourth-order valence-electron chi connectivity index (χ4n) is 2.64. The van der Waals surface area contributed by atoms with Crippen molar-refractivity contribution in [3.63, 3.8) is 0 Å². The zero-order chi connectivity index (χ0) is 18.8. The van der Waals surface area contributed by atoms with Crippen LogP contribution in [0.25, 0.3) is 10.2 Å². The number of aromatic nitrogens is 2. The number of fused-ring (bicyclic) bond motifs is 1. The first-order chi connectivity index (χ1) is 12.4. The molecule has 9 heteroatoms. The van der Waals surface area contributed by atoms with Crippen LogP contribution >= 0.6 is 22.9 Å². The predicted molar refractivity (Wildman–Crippen MR) is 100 cm³/mol. The highest BCUT2D eigenvalue weighted by Gasteiger charge is 2.25. The summed E-state index contributed by atoms with van der Waals surface area (Å²) in [6.07, 6.45) is 1.00. The van der Waals surface area contributed by atoms with Crippen LogP contribution in [0.2, 0.25) is 5.28 Å². The monoisotopic (exact) mass is 395 g/mol. The summed E-state index contributed by atoms with van der Waals surface area (Å²) >= 11 is 7.50. The number of aliphatic hydroxyl groups is 1. The van der Waals surface area contributed by atoms with Crippen molar-refractivity contribution < 1.29 is 19.4 Å². The van der Waals surface area contributed by atoms with Gasteiger partial charge in [0, 0.05) is 11.5 Å². The van der Waals surface area contributed by atoms with E-state index in [9.17, 15) is 15.0 Å². The molecule has 0 aliphatic heterocycles. The number of carbonyl (C=O) groups is 1. The van der Waals surface area contributed by atoms with Crippen molar-refractivity contribution >= 4 is 45.1 Å². The summed E-state index contributed by atoms with van der Waals surface area (Å²) in [4.78, 5) is 22.4. The topological polar surface area (TPSA) is 99.7 Å². The van der Waals surface area contributed by atoms with Crippen LogP contribution in [0.3, 0.4) is 0 Å². The lowest BCUT2D eigenvalue weighted by Crippen LogP contribution is -2.29. The van der Waals surface area contributed by atoms with Crippen LogP contribution in [0.5, 0.6) is 0 Å². The molecule has 3 rings (SSSR count). The first-order valence-electron chi connectivity index (χ1n) is 8.00. The van der Waals surface area contributed by atoms with Crippen LogP contribution in [-0.4, -0.2) is 32.9 Å². The third-order valence-corrected chi connectivity index (χ3v) is 5.51. The minimum absolute atomic E-state index is 0.0131. The zero-order valence-electron chi connectivity index (χ0n) is 14.3. The molecule has 7 nitrogen and oxygen atoms in total. The minimum Gasteiger partial charge on any atom is -0.467 e. The number of nitrogens with zero attached hydrogens (tertiary/aromatic N) is 3. The van der Waals surface area contributed by atoms with Crippen molar-refractivity contribution in [3.05, 3.63) is 39.9 Å². The van der Waals surface area contributed by atoms with E-state index in [1.54, 1.807) is 12.1 Å². The number of thiophene rings is 1. The highest BCUT2D eigenvalue weighted by Crippen LogP contribution is 2.37. The van der Waals surface area contributed by atoms with E-state index in [0.29, 0.717) is 22.4 Å². The number of hydrogen-bond donors (Lipinski definition) is 2. The quantitative estimate of drug-likeness (QED) is 0.609. The van der Waals surface area contributed by atoms with Gasteiger partial charge in [-0.3, -0.25) is 4.90 Å². The van der Waals surface area contributed by atoms with Crippen molar-refractivity contribution in [1.29, 1.82) is 0 Å². The Morgan fingerprint density at radius 1 is 1.46 bits per heavy atom. The van der Waals surface area contributed by atoms with Crippen molar-refractivity contribution in [3.8, 4) is 0 Å². The number of halogens is 1. The van der Waals surface area contributed by atoms with Crippen LogP contribution < -0.4 is 4.90 Å². The summed E-state index contributed by atoms with van der Waals surface area (Å²) in [5.41, 5.74) is 1.56. The summed E-state index contributed by atoms with van der Waals surface area (Å²) in [7, 11) is 0. The fraction of sp³-hybridized carbons (Fsp3) is 0.353. The molecular weight excluding hydrogens is 378 g/mol. The van der Waals surface area contributed by atoms with Crippen LogP contribution in [0.4, 0.5) is 10.6 Å². The van der Waals surface area contributed by atoms with E-state index in [0.717, 1.165) is 15.3 Å². The van der Waals surface area contributed by atoms with Gasteiger partial charge in [0.1, 0.15) is 5.76 Å². The van der Waals surface area contributed by atoms with Crippen molar-refractivity contribution in [2.24, 2.45) is 5.92 Å². The molecule has 0 aliphatic carbocycles. The van der Waals surface area contributed by atoms with Gasteiger partial charge in [0.15, 0.2) is 5.82 Å². The Morgan fingerprint density at radius 3 is 2.85 bits per heavy atom. The fourth-order valence-corrected chi connectivity index (χ4v) is 4.21. The highest BCUT2D eigenvalue weighted by atomic mass is 35.5. The van der Waals surface area contributed by atoms with Crippen LogP contribution in [0.1, 0.15) is 23.1 Å². The molecule has 0 saturated heterocycles. The van der Waals surface area contributed by atoms with Crippen LogP contribution in [0, 0.1) is 12.8 Å². The zero-order valence-corrected chi connectivity index (χ0v) is 15.8. The standard InChI is InChI=1S/C17H18ClN3O4S/c1-9(8-22)6-12-10(2)13-14(26-12)15(20-16(18)19-13)21(17(23)24)7-11-4-3-5-25-11/h3-5,9,22H,6-8H2,1-2H3,(H,23,24). The van der Waals surface area contributed by atoms with E-state index in [-0.39, 0.29) is 30.2 Å². The molecule has 0 spiro atoms. The molecule has 0 radical (unpaired) electrons. The molecule has 1 unspecified atom stereocenters. The number of carboxylic acid groups (broad SMARTS) is 1. The molecule has 0 fully saturated rings. The highest BCUT2D eigenvalue weighted by molar-refractivity contribution is 7.19. The second kappa shape index (κ2) is 7.61. The molecule has 26 heavy (non-hydrogen) atoms. The van der Waals surface area contributed by atoms with Gasteiger partial charge >= 0.3 is 6.09 Å². The first-order valence-corrected chi connectivity index (χ1v) is 9.19. The Morgan fingerprint density at radius 2 is 2.23 bits per heavy atom. The second-order valence-corrected chi connectivity index (χ2v) is 7.53. The van der Waals surface area contributed by atoms with Gasteiger partial charge in [0.05, 0.1) is 23.0 Å². The maximum atomic E-state index is 11.8. The largest absolute Gasteiger partial charge is 0.467 e. The van der Waals surface area contributed by atoms with Gasteiger partial charge in [0.25, 0.3) is 0 Å². The Balaban J connectivity index is 2.11. The summed E-state index contributed by atoms with van der Waals surface area (Å²) < 4.78 is 5.92. The van der Waals surface area contributed by atoms with Gasteiger partial charge in [-0.15, -0.1) is 11.3 Å². The molecule has 0 aliphatic rings. The average Bonchev–Trinajstić information content (AvgIpc) is 3.21. The Hall–Kier alpha value is -2.16. The SMILES string of the molecule is Cc1c(CC(C)CO)sc2c(N(Cc3ccco3)C(=O)O)nc(Cl)nc12. The Labute approximate surface area is 158 Å². The maximum absolute atomic E-state index is 11.8. The summed E-state index contributed by atoms with van der Waals surface area (Å²) in [5, 5.41) is 19.0. The maximum Gasteiger partial charge on any atom is 0.413 e. The Bertz CT molecular complexity index is 926. The van der Waals surface area contributed by atoms with E-state index in [1.165, 1.54) is 17.6 Å². The molecule has 1 amide bonds. The average molecular weight is 396 g/mol. The van der Waals surface area contributed by atoms with Crippen LogP contribution in [0.15, 0.2) is 22.8 Å². The molecule has 2 N–H and O–H groups in total. The molecule has 0 aromatic carbocycles. The lowest BCUT2D eigenvalue weighted by molar-refractivity contribution is 0.200. The number of anilines is 1. The summed E-state index contributed by atoms with van der Waals surface area (Å²) in [6.45, 7) is 3.96. The minimum atomic E-state index is -1.16. The van der Waals surface area contributed by atoms with Gasteiger partial charge in [0.2, 0.25) is 5.28 Å². The second-order valence-electron chi connectivity index (χ2n) is 6.08. The summed E-state index contributed by atoms with van der Waals surface area (Å²) in [6, 6.07) is 3.39. The number of aryl methyl sites for hydroxylation is 1. The van der Waals surface area contributed by atoms with Crippen molar-refractivity contribution in [1.82, 2.24) is 9.97 Å². The first kappa shape index (κ1) is 18.6. The third-order valence-electron chi connectivity index (χ3n) is 4.05. The lowest BCUT2D eigenvalue weighted by atomic mass is 10.1.